The molecule has 0 bridgehead atoms. The Kier molecular flexibility index (Phi) is 52.8. The minimum atomic E-state index is -0.780. The summed E-state index contributed by atoms with van der Waals surface area (Å²) < 4.78 is 16.9. The molecule has 384 valence electrons. The van der Waals surface area contributed by atoms with Crippen molar-refractivity contribution < 1.29 is 28.6 Å². The lowest BCUT2D eigenvalue weighted by Gasteiger charge is -2.18. The SMILES string of the molecule is CCCCC/C=C\C/C=C\C/C=C\CCCCCCCCC(=O)OC[C@@H](COC(=O)CCCCCCCCCCCCCCCC)OC(=O)CCCCCCC/C=C\CCCCCCCC. The van der Waals surface area contributed by atoms with Gasteiger partial charge in [-0.3, -0.25) is 14.4 Å². The van der Waals surface area contributed by atoms with Crippen LogP contribution in [0, 0.1) is 0 Å². The second kappa shape index (κ2) is 55.0. The summed E-state index contributed by atoms with van der Waals surface area (Å²) in [6.07, 6.45) is 66.6. The van der Waals surface area contributed by atoms with Gasteiger partial charge in [0.15, 0.2) is 6.10 Å². The van der Waals surface area contributed by atoms with E-state index in [1.165, 1.54) is 167 Å². The first-order valence-electron chi connectivity index (χ1n) is 28.6. The molecule has 1 atom stereocenters. The first-order chi connectivity index (χ1) is 32.5. The van der Waals surface area contributed by atoms with E-state index in [2.05, 4.69) is 69.4 Å². The first-order valence-corrected chi connectivity index (χ1v) is 28.6. The Hall–Kier alpha value is -2.63. The van der Waals surface area contributed by atoms with Gasteiger partial charge in [-0.2, -0.15) is 0 Å². The van der Waals surface area contributed by atoms with E-state index in [1.807, 2.05) is 0 Å². The molecule has 6 nitrogen and oxygen atoms in total. The van der Waals surface area contributed by atoms with Gasteiger partial charge in [0.2, 0.25) is 0 Å². The van der Waals surface area contributed by atoms with Gasteiger partial charge in [0.05, 0.1) is 0 Å². The van der Waals surface area contributed by atoms with Gasteiger partial charge in [-0.25, -0.2) is 0 Å². The van der Waals surface area contributed by atoms with Crippen LogP contribution in [-0.2, 0) is 28.6 Å². The molecule has 0 aromatic heterocycles. The van der Waals surface area contributed by atoms with Gasteiger partial charge in [-0.05, 0) is 83.5 Å². The molecule has 0 rings (SSSR count). The van der Waals surface area contributed by atoms with Gasteiger partial charge in [-0.15, -0.1) is 0 Å². The molecule has 0 fully saturated rings. The minimum Gasteiger partial charge on any atom is -0.462 e. The third-order valence-electron chi connectivity index (χ3n) is 12.6. The fourth-order valence-electron chi connectivity index (χ4n) is 8.21. The maximum absolute atomic E-state index is 12.8. The van der Waals surface area contributed by atoms with E-state index in [0.717, 1.165) is 89.9 Å². The molecule has 0 aliphatic rings. The summed E-state index contributed by atoms with van der Waals surface area (Å²) in [6.45, 7) is 6.62. The Labute approximate surface area is 409 Å². The average Bonchev–Trinajstić information content (AvgIpc) is 3.31. The van der Waals surface area contributed by atoms with Crippen LogP contribution in [0.5, 0.6) is 0 Å². The molecule has 0 saturated heterocycles. The van der Waals surface area contributed by atoms with Crippen LogP contribution < -0.4 is 0 Å². The third-order valence-corrected chi connectivity index (χ3v) is 12.6. The average molecular weight is 926 g/mol. The number of unbranched alkanes of at least 4 members (excludes halogenated alkanes) is 33. The smallest absolute Gasteiger partial charge is 0.306 e. The lowest BCUT2D eigenvalue weighted by atomic mass is 10.0. The Morgan fingerprint density at radius 2 is 0.545 bits per heavy atom. The molecule has 0 aliphatic heterocycles. The molecule has 0 radical (unpaired) electrons. The number of carbonyl (C=O) groups excluding carboxylic acids is 3. The van der Waals surface area contributed by atoms with E-state index in [9.17, 15) is 14.4 Å². The zero-order valence-corrected chi connectivity index (χ0v) is 44.0. The summed E-state index contributed by atoms with van der Waals surface area (Å²) in [5.74, 6) is -0.886. The number of ether oxygens (including phenoxy) is 3. The summed E-state index contributed by atoms with van der Waals surface area (Å²) in [4.78, 5) is 38.1. The summed E-state index contributed by atoms with van der Waals surface area (Å²) in [5.41, 5.74) is 0. The van der Waals surface area contributed by atoms with Crippen LogP contribution >= 0.6 is 0 Å². The predicted octanol–water partition coefficient (Wildman–Crippen LogP) is 19.0. The van der Waals surface area contributed by atoms with E-state index < -0.39 is 6.10 Å². The van der Waals surface area contributed by atoms with E-state index in [0.29, 0.717) is 19.3 Å². The number of hydrogen-bond donors (Lipinski definition) is 0. The summed E-state index contributed by atoms with van der Waals surface area (Å²) in [7, 11) is 0. The van der Waals surface area contributed by atoms with Gasteiger partial charge < -0.3 is 14.2 Å². The van der Waals surface area contributed by atoms with Crippen molar-refractivity contribution in [1.29, 1.82) is 0 Å². The molecule has 0 aliphatic carbocycles. The lowest BCUT2D eigenvalue weighted by molar-refractivity contribution is -0.167. The highest BCUT2D eigenvalue weighted by molar-refractivity contribution is 5.71. The Balaban J connectivity index is 4.38. The molecular weight excluding hydrogens is 817 g/mol. The summed E-state index contributed by atoms with van der Waals surface area (Å²) in [5, 5.41) is 0. The zero-order chi connectivity index (χ0) is 47.9. The number of esters is 3. The van der Waals surface area contributed by atoms with Crippen molar-refractivity contribution >= 4 is 17.9 Å². The maximum atomic E-state index is 12.8. The minimum absolute atomic E-state index is 0.0778. The molecule has 0 amide bonds. The van der Waals surface area contributed by atoms with Crippen LogP contribution in [-0.4, -0.2) is 37.2 Å². The molecule has 0 aromatic rings. The van der Waals surface area contributed by atoms with Crippen molar-refractivity contribution in [3.8, 4) is 0 Å². The number of carbonyl (C=O) groups is 3. The third kappa shape index (κ3) is 52.3. The largest absolute Gasteiger partial charge is 0.462 e. The normalized spacial score (nSPS) is 12.3. The van der Waals surface area contributed by atoms with Crippen LogP contribution in [0.3, 0.4) is 0 Å². The number of allylic oxidation sites excluding steroid dienone is 8. The molecule has 0 unspecified atom stereocenters. The second-order valence-electron chi connectivity index (χ2n) is 19.2. The highest BCUT2D eigenvalue weighted by atomic mass is 16.6. The van der Waals surface area contributed by atoms with Crippen LogP contribution in [0.2, 0.25) is 0 Å². The topological polar surface area (TPSA) is 78.9 Å². The quantitative estimate of drug-likeness (QED) is 0.0262. The second-order valence-corrected chi connectivity index (χ2v) is 19.2. The lowest BCUT2D eigenvalue weighted by Crippen LogP contribution is -2.30. The predicted molar refractivity (Wildman–Crippen MR) is 284 cm³/mol. The molecule has 0 heterocycles. The highest BCUT2D eigenvalue weighted by Crippen LogP contribution is 2.16. The van der Waals surface area contributed by atoms with E-state index in [4.69, 9.17) is 14.2 Å². The number of hydrogen-bond acceptors (Lipinski definition) is 6. The number of rotatable bonds is 52. The maximum Gasteiger partial charge on any atom is 0.306 e. The fraction of sp³-hybridized carbons (Fsp3) is 0.817. The van der Waals surface area contributed by atoms with E-state index in [1.54, 1.807) is 0 Å². The van der Waals surface area contributed by atoms with E-state index >= 15 is 0 Å². The van der Waals surface area contributed by atoms with Gasteiger partial charge in [-0.1, -0.05) is 243 Å². The Morgan fingerprint density at radius 1 is 0.303 bits per heavy atom. The van der Waals surface area contributed by atoms with Crippen LogP contribution in [0.1, 0.15) is 297 Å². The van der Waals surface area contributed by atoms with Crippen molar-refractivity contribution in [2.24, 2.45) is 0 Å². The van der Waals surface area contributed by atoms with Crippen molar-refractivity contribution in [1.82, 2.24) is 0 Å². The van der Waals surface area contributed by atoms with Crippen molar-refractivity contribution in [3.63, 3.8) is 0 Å². The Morgan fingerprint density at radius 3 is 0.894 bits per heavy atom. The molecular formula is C60H108O6. The Bertz CT molecular complexity index is 1150. The van der Waals surface area contributed by atoms with Crippen LogP contribution in [0.4, 0.5) is 0 Å². The monoisotopic (exact) mass is 925 g/mol. The van der Waals surface area contributed by atoms with Crippen LogP contribution in [0.15, 0.2) is 48.6 Å². The van der Waals surface area contributed by atoms with Crippen molar-refractivity contribution in [2.75, 3.05) is 13.2 Å². The van der Waals surface area contributed by atoms with Gasteiger partial charge in [0.1, 0.15) is 13.2 Å². The van der Waals surface area contributed by atoms with Gasteiger partial charge >= 0.3 is 17.9 Å². The molecule has 0 saturated carbocycles. The van der Waals surface area contributed by atoms with Crippen LogP contribution in [0.25, 0.3) is 0 Å². The first kappa shape index (κ1) is 63.4. The standard InChI is InChI=1S/C60H108O6/c1-4-7-10-13-16-19-22-25-28-29-30-31-33-35-38-41-44-47-50-53-59(62)65-56-57(55-64-58(61)52-49-46-43-40-37-34-27-24-21-18-15-12-9-6-3)66-60(63)54-51-48-45-42-39-36-32-26-23-20-17-14-11-8-5-2/h16,19,25-26,28,30-32,57H,4-15,17-18,20-24,27,29,33-56H2,1-3H3/b19-16-,28-25-,31-30-,32-26-/t57-/m1/s1. The fourth-order valence-corrected chi connectivity index (χ4v) is 8.21. The van der Waals surface area contributed by atoms with Crippen molar-refractivity contribution in [3.05, 3.63) is 48.6 Å². The summed E-state index contributed by atoms with van der Waals surface area (Å²) in [6, 6.07) is 0. The molecule has 0 aromatic carbocycles. The van der Waals surface area contributed by atoms with E-state index in [-0.39, 0.29) is 31.1 Å². The zero-order valence-electron chi connectivity index (χ0n) is 44.0. The van der Waals surface area contributed by atoms with Crippen molar-refractivity contribution in [2.45, 2.75) is 303 Å². The molecule has 0 spiro atoms. The highest BCUT2D eigenvalue weighted by Gasteiger charge is 2.19. The molecule has 6 heteroatoms. The molecule has 0 N–H and O–H groups in total. The van der Waals surface area contributed by atoms with Gasteiger partial charge in [0, 0.05) is 19.3 Å². The van der Waals surface area contributed by atoms with Gasteiger partial charge in [0.25, 0.3) is 0 Å². The summed E-state index contributed by atoms with van der Waals surface area (Å²) >= 11 is 0. The molecule has 66 heavy (non-hydrogen) atoms.